The highest BCUT2D eigenvalue weighted by Crippen LogP contribution is 2.35. The molecule has 5 nitrogen and oxygen atoms in total. The summed E-state index contributed by atoms with van der Waals surface area (Å²) in [5, 5.41) is 0. The Morgan fingerprint density at radius 2 is 1.25 bits per heavy atom. The summed E-state index contributed by atoms with van der Waals surface area (Å²) < 4.78 is 72.5. The molecule has 0 radical (unpaired) electrons. The van der Waals surface area contributed by atoms with E-state index in [4.69, 9.17) is 9.47 Å². The average molecular weight is 509 g/mol. The second-order valence-electron chi connectivity index (χ2n) is 7.85. The van der Waals surface area contributed by atoms with Crippen LogP contribution < -0.4 is 4.74 Å². The summed E-state index contributed by atoms with van der Waals surface area (Å²) in [4.78, 5) is 21.9. The SMILES string of the molecule is C=CC(=O)OCCCCc1ccc(OC(F)(F)c2c(F)cc(CCCCOC(=O)C=C)cc2F)cc1. The molecule has 2 rings (SSSR count). The fourth-order valence-electron chi connectivity index (χ4n) is 3.30. The number of carbonyl (C=O) groups excluding carboxylic acids is 2. The molecule has 36 heavy (non-hydrogen) atoms. The van der Waals surface area contributed by atoms with Crippen LogP contribution in [0.1, 0.15) is 42.4 Å². The Labute approximate surface area is 207 Å². The summed E-state index contributed by atoms with van der Waals surface area (Å²) in [5.74, 6) is -4.15. The largest absolute Gasteiger partial charge is 0.463 e. The van der Waals surface area contributed by atoms with Gasteiger partial charge in [-0.2, -0.15) is 8.78 Å². The van der Waals surface area contributed by atoms with Crippen molar-refractivity contribution in [3.8, 4) is 5.75 Å². The van der Waals surface area contributed by atoms with Crippen molar-refractivity contribution in [1.29, 1.82) is 0 Å². The van der Waals surface area contributed by atoms with E-state index in [2.05, 4.69) is 17.9 Å². The van der Waals surface area contributed by atoms with Crippen molar-refractivity contribution in [1.82, 2.24) is 0 Å². The molecule has 0 atom stereocenters. The summed E-state index contributed by atoms with van der Waals surface area (Å²) in [7, 11) is 0. The number of aryl methyl sites for hydroxylation is 2. The van der Waals surface area contributed by atoms with Gasteiger partial charge in [0, 0.05) is 12.2 Å². The third kappa shape index (κ3) is 9.20. The van der Waals surface area contributed by atoms with Crippen LogP contribution in [0.3, 0.4) is 0 Å². The molecule has 0 spiro atoms. The molecule has 0 saturated carbocycles. The van der Waals surface area contributed by atoms with E-state index in [-0.39, 0.29) is 30.9 Å². The van der Waals surface area contributed by atoms with Gasteiger partial charge in [-0.05, 0) is 73.9 Å². The highest BCUT2D eigenvalue weighted by Gasteiger charge is 2.41. The van der Waals surface area contributed by atoms with Crippen molar-refractivity contribution in [3.63, 3.8) is 0 Å². The lowest BCUT2D eigenvalue weighted by atomic mass is 10.0. The van der Waals surface area contributed by atoms with Gasteiger partial charge in [0.1, 0.15) is 22.9 Å². The standard InChI is InChI=1S/C27H28F4O5/c1-3-24(32)34-15-7-5-9-19-11-13-21(14-12-19)36-27(30,31)26-22(28)17-20(18-23(26)29)10-6-8-16-35-25(33)4-2/h3-4,11-14,17-18H,1-2,5-10,15-16H2. The van der Waals surface area contributed by atoms with Crippen LogP contribution in [0, 0.1) is 11.6 Å². The second kappa shape index (κ2) is 14.1. The van der Waals surface area contributed by atoms with Gasteiger partial charge in [0.05, 0.1) is 13.2 Å². The summed E-state index contributed by atoms with van der Waals surface area (Å²) in [6, 6.07) is 7.43. The van der Waals surface area contributed by atoms with Gasteiger partial charge in [0.25, 0.3) is 0 Å². The number of rotatable bonds is 15. The first kappa shape index (κ1) is 28.6. The van der Waals surface area contributed by atoms with Crippen molar-refractivity contribution >= 4 is 11.9 Å². The maximum Gasteiger partial charge on any atom is 0.432 e. The second-order valence-corrected chi connectivity index (χ2v) is 7.85. The third-order valence-corrected chi connectivity index (χ3v) is 5.10. The first-order valence-corrected chi connectivity index (χ1v) is 11.4. The van der Waals surface area contributed by atoms with Gasteiger partial charge in [0.15, 0.2) is 0 Å². The zero-order chi connectivity index (χ0) is 26.6. The molecular formula is C27H28F4O5. The minimum atomic E-state index is -4.23. The summed E-state index contributed by atoms with van der Waals surface area (Å²) in [6.07, 6.45) is 0.877. The van der Waals surface area contributed by atoms with Crippen molar-refractivity contribution < 1.29 is 41.4 Å². The van der Waals surface area contributed by atoms with E-state index in [0.29, 0.717) is 32.1 Å². The van der Waals surface area contributed by atoms with E-state index < -0.39 is 35.2 Å². The monoisotopic (exact) mass is 508 g/mol. The molecule has 0 aliphatic carbocycles. The summed E-state index contributed by atoms with van der Waals surface area (Å²) >= 11 is 0. The van der Waals surface area contributed by atoms with Crippen molar-refractivity contribution in [2.24, 2.45) is 0 Å². The Hall–Kier alpha value is -3.62. The minimum Gasteiger partial charge on any atom is -0.463 e. The lowest BCUT2D eigenvalue weighted by Gasteiger charge is -2.20. The quantitative estimate of drug-likeness (QED) is 0.124. The Balaban J connectivity index is 1.91. The van der Waals surface area contributed by atoms with Crippen LogP contribution in [0.2, 0.25) is 0 Å². The van der Waals surface area contributed by atoms with Gasteiger partial charge in [-0.15, -0.1) is 0 Å². The molecule has 0 amide bonds. The molecule has 0 aliphatic rings. The van der Waals surface area contributed by atoms with Gasteiger partial charge in [-0.1, -0.05) is 25.3 Å². The zero-order valence-electron chi connectivity index (χ0n) is 19.7. The third-order valence-electron chi connectivity index (χ3n) is 5.10. The maximum atomic E-state index is 14.6. The summed E-state index contributed by atoms with van der Waals surface area (Å²) in [6.45, 7) is 6.93. The fourth-order valence-corrected chi connectivity index (χ4v) is 3.30. The van der Waals surface area contributed by atoms with Gasteiger partial charge in [-0.3, -0.25) is 0 Å². The smallest absolute Gasteiger partial charge is 0.432 e. The van der Waals surface area contributed by atoms with Crippen LogP contribution in [0.25, 0.3) is 0 Å². The first-order valence-electron chi connectivity index (χ1n) is 11.4. The van der Waals surface area contributed by atoms with Gasteiger partial charge < -0.3 is 14.2 Å². The molecule has 0 bridgehead atoms. The van der Waals surface area contributed by atoms with Gasteiger partial charge >= 0.3 is 18.0 Å². The number of carbonyl (C=O) groups is 2. The Kier molecular flexibility index (Phi) is 11.2. The molecule has 194 valence electrons. The topological polar surface area (TPSA) is 61.8 Å². The van der Waals surface area contributed by atoms with E-state index in [1.165, 1.54) is 12.1 Å². The molecule has 0 unspecified atom stereocenters. The lowest BCUT2D eigenvalue weighted by molar-refractivity contribution is -0.189. The van der Waals surface area contributed by atoms with Crippen LogP contribution in [0.5, 0.6) is 5.75 Å². The van der Waals surface area contributed by atoms with Crippen LogP contribution in [-0.4, -0.2) is 25.2 Å². The van der Waals surface area contributed by atoms with Crippen LogP contribution in [0.15, 0.2) is 61.7 Å². The lowest BCUT2D eigenvalue weighted by Crippen LogP contribution is -2.25. The van der Waals surface area contributed by atoms with E-state index in [9.17, 15) is 27.2 Å². The number of halogens is 4. The van der Waals surface area contributed by atoms with Crippen LogP contribution in [-0.2, 0) is 38.0 Å². The van der Waals surface area contributed by atoms with Crippen molar-refractivity contribution in [2.45, 2.75) is 44.6 Å². The molecular weight excluding hydrogens is 480 g/mol. The number of unbranched alkanes of at least 4 members (excludes halogenated alkanes) is 2. The average Bonchev–Trinajstić information content (AvgIpc) is 2.83. The number of hydrogen-bond donors (Lipinski definition) is 0. The molecule has 0 fully saturated rings. The predicted molar refractivity (Wildman–Crippen MR) is 126 cm³/mol. The number of alkyl halides is 2. The number of benzene rings is 2. The van der Waals surface area contributed by atoms with Gasteiger partial charge in [0.2, 0.25) is 0 Å². The maximum absolute atomic E-state index is 14.6. The van der Waals surface area contributed by atoms with E-state index in [0.717, 1.165) is 29.8 Å². The molecule has 0 N–H and O–H groups in total. The van der Waals surface area contributed by atoms with Crippen LogP contribution in [0.4, 0.5) is 17.6 Å². The first-order chi connectivity index (χ1) is 17.2. The Bertz CT molecular complexity index is 1030. The molecule has 0 heterocycles. The fraction of sp³-hybridized carbons (Fsp3) is 0.333. The molecule has 2 aromatic rings. The predicted octanol–water partition coefficient (Wildman–Crippen LogP) is 6.20. The Morgan fingerprint density at radius 1 is 0.778 bits per heavy atom. The van der Waals surface area contributed by atoms with Crippen LogP contribution >= 0.6 is 0 Å². The Morgan fingerprint density at radius 3 is 1.72 bits per heavy atom. The molecule has 0 aliphatic heterocycles. The minimum absolute atomic E-state index is 0.115. The van der Waals surface area contributed by atoms with Crippen molar-refractivity contribution in [2.75, 3.05) is 13.2 Å². The number of ether oxygens (including phenoxy) is 3. The normalized spacial score (nSPS) is 11.0. The molecule has 0 aromatic heterocycles. The van der Waals surface area contributed by atoms with Gasteiger partial charge in [-0.25, -0.2) is 18.4 Å². The number of hydrogen-bond acceptors (Lipinski definition) is 5. The zero-order valence-corrected chi connectivity index (χ0v) is 19.7. The van der Waals surface area contributed by atoms with E-state index in [1.54, 1.807) is 12.1 Å². The number of esters is 2. The van der Waals surface area contributed by atoms with Crippen molar-refractivity contribution in [3.05, 3.63) is 90.0 Å². The van der Waals surface area contributed by atoms with E-state index >= 15 is 0 Å². The molecule has 9 heteroatoms. The van der Waals surface area contributed by atoms with E-state index in [1.807, 2.05) is 0 Å². The highest BCUT2D eigenvalue weighted by atomic mass is 19.3. The molecule has 0 saturated heterocycles. The molecule has 2 aromatic carbocycles. The summed E-state index contributed by atoms with van der Waals surface area (Å²) in [5.41, 5.74) is -0.436. The highest BCUT2D eigenvalue weighted by molar-refractivity contribution is 5.81.